The molecule has 3 rings (SSSR count). The Balaban J connectivity index is 1.95. The van der Waals surface area contributed by atoms with Crippen molar-refractivity contribution in [2.75, 3.05) is 0 Å². The van der Waals surface area contributed by atoms with Gasteiger partial charge in [-0.05, 0) is 23.8 Å². The van der Waals surface area contributed by atoms with Crippen molar-refractivity contribution in [3.8, 4) is 5.75 Å². The van der Waals surface area contributed by atoms with E-state index in [2.05, 4.69) is 0 Å². The molecule has 17 heavy (non-hydrogen) atoms. The zero-order valence-electron chi connectivity index (χ0n) is 9.14. The van der Waals surface area contributed by atoms with E-state index in [9.17, 15) is 4.39 Å². The van der Waals surface area contributed by atoms with Gasteiger partial charge in [0, 0.05) is 11.6 Å². The van der Waals surface area contributed by atoms with E-state index in [0.29, 0.717) is 5.75 Å². The first kappa shape index (κ1) is 10.1. The van der Waals surface area contributed by atoms with Crippen molar-refractivity contribution in [2.24, 2.45) is 0 Å². The lowest BCUT2D eigenvalue weighted by atomic mass is 10.0. The van der Waals surface area contributed by atoms with Crippen LogP contribution in [-0.4, -0.2) is 0 Å². The van der Waals surface area contributed by atoms with E-state index in [4.69, 9.17) is 4.74 Å². The largest absolute Gasteiger partial charge is 0.481 e. The van der Waals surface area contributed by atoms with Crippen LogP contribution in [-0.2, 0) is 0 Å². The molecule has 2 aromatic carbocycles. The van der Waals surface area contributed by atoms with Crippen LogP contribution >= 0.6 is 0 Å². The molecule has 0 radical (unpaired) electrons. The molecule has 2 heteroatoms. The number of fused-ring (bicyclic) bond motifs is 1. The standard InChI is InChI=1S/C15H11FO/c16-13-8-6-12-7-9-14(17-15(12)10-13)11-4-2-1-3-5-11/h1-10,14H/t14-/m0/s1. The van der Waals surface area contributed by atoms with Crippen molar-refractivity contribution < 1.29 is 9.13 Å². The smallest absolute Gasteiger partial charge is 0.142 e. The molecule has 0 aliphatic carbocycles. The van der Waals surface area contributed by atoms with Crippen molar-refractivity contribution in [3.05, 3.63) is 71.6 Å². The number of hydrogen-bond donors (Lipinski definition) is 0. The molecule has 0 unspecified atom stereocenters. The molecule has 1 aliphatic rings. The van der Waals surface area contributed by atoms with Gasteiger partial charge in [-0.2, -0.15) is 0 Å². The Morgan fingerprint density at radius 3 is 2.65 bits per heavy atom. The number of rotatable bonds is 1. The van der Waals surface area contributed by atoms with Crippen molar-refractivity contribution >= 4 is 6.08 Å². The third-order valence-electron chi connectivity index (χ3n) is 2.81. The fraction of sp³-hybridized carbons (Fsp3) is 0.0667. The Morgan fingerprint density at radius 2 is 1.82 bits per heavy atom. The normalized spacial score (nSPS) is 17.4. The van der Waals surface area contributed by atoms with Gasteiger partial charge in [-0.3, -0.25) is 0 Å². The molecule has 0 amide bonds. The maximum atomic E-state index is 13.1. The van der Waals surface area contributed by atoms with Gasteiger partial charge in [-0.15, -0.1) is 0 Å². The van der Waals surface area contributed by atoms with Crippen molar-refractivity contribution in [3.63, 3.8) is 0 Å². The molecule has 2 aromatic rings. The van der Waals surface area contributed by atoms with Gasteiger partial charge in [0.2, 0.25) is 0 Å². The molecule has 1 aliphatic heterocycles. The van der Waals surface area contributed by atoms with Gasteiger partial charge in [0.1, 0.15) is 17.7 Å². The SMILES string of the molecule is Fc1ccc2c(c1)O[C@H](c1ccccc1)C=C2. The molecule has 0 aromatic heterocycles. The van der Waals surface area contributed by atoms with E-state index in [1.165, 1.54) is 12.1 Å². The van der Waals surface area contributed by atoms with Gasteiger partial charge in [-0.25, -0.2) is 4.39 Å². The second kappa shape index (κ2) is 4.06. The Labute approximate surface area is 99.2 Å². The third kappa shape index (κ3) is 1.94. The van der Waals surface area contributed by atoms with E-state index < -0.39 is 0 Å². The average molecular weight is 226 g/mol. The lowest BCUT2D eigenvalue weighted by molar-refractivity contribution is 0.250. The minimum Gasteiger partial charge on any atom is -0.481 e. The summed E-state index contributed by atoms with van der Waals surface area (Å²) in [6.07, 6.45) is 3.82. The quantitative estimate of drug-likeness (QED) is 0.714. The van der Waals surface area contributed by atoms with Crippen molar-refractivity contribution in [1.82, 2.24) is 0 Å². The van der Waals surface area contributed by atoms with Crippen LogP contribution in [0.15, 0.2) is 54.6 Å². The van der Waals surface area contributed by atoms with E-state index in [1.807, 2.05) is 42.5 Å². The predicted octanol–water partition coefficient (Wildman–Crippen LogP) is 3.97. The van der Waals surface area contributed by atoms with Crippen LogP contribution in [0.1, 0.15) is 17.2 Å². The molecule has 0 saturated heterocycles. The highest BCUT2D eigenvalue weighted by atomic mass is 19.1. The zero-order valence-corrected chi connectivity index (χ0v) is 9.14. The lowest BCUT2D eigenvalue weighted by Gasteiger charge is -2.21. The van der Waals surface area contributed by atoms with Crippen LogP contribution in [0.4, 0.5) is 4.39 Å². The highest BCUT2D eigenvalue weighted by molar-refractivity contribution is 5.60. The lowest BCUT2D eigenvalue weighted by Crippen LogP contribution is -2.08. The zero-order chi connectivity index (χ0) is 11.7. The molecule has 1 atom stereocenters. The monoisotopic (exact) mass is 226 g/mol. The summed E-state index contributed by atoms with van der Waals surface area (Å²) in [6.45, 7) is 0. The van der Waals surface area contributed by atoms with Gasteiger partial charge >= 0.3 is 0 Å². The Kier molecular flexibility index (Phi) is 2.41. The number of ether oxygens (including phenoxy) is 1. The number of hydrogen-bond acceptors (Lipinski definition) is 1. The fourth-order valence-electron chi connectivity index (χ4n) is 1.94. The van der Waals surface area contributed by atoms with E-state index in [-0.39, 0.29) is 11.9 Å². The molecule has 0 N–H and O–H groups in total. The van der Waals surface area contributed by atoms with Crippen molar-refractivity contribution in [1.29, 1.82) is 0 Å². The summed E-state index contributed by atoms with van der Waals surface area (Å²) in [5, 5.41) is 0. The number of halogens is 1. The molecule has 0 spiro atoms. The molecule has 0 fully saturated rings. The van der Waals surface area contributed by atoms with Crippen LogP contribution in [0.3, 0.4) is 0 Å². The summed E-state index contributed by atoms with van der Waals surface area (Å²) in [4.78, 5) is 0. The van der Waals surface area contributed by atoms with E-state index in [0.717, 1.165) is 11.1 Å². The molecule has 84 valence electrons. The van der Waals surface area contributed by atoms with Crippen molar-refractivity contribution in [2.45, 2.75) is 6.10 Å². The van der Waals surface area contributed by atoms with Crippen LogP contribution in [0, 0.1) is 5.82 Å². The minimum atomic E-state index is -0.272. The van der Waals surface area contributed by atoms with Gasteiger partial charge in [0.05, 0.1) is 0 Å². The van der Waals surface area contributed by atoms with Crippen LogP contribution in [0.25, 0.3) is 6.08 Å². The van der Waals surface area contributed by atoms with Gasteiger partial charge in [0.15, 0.2) is 0 Å². The summed E-state index contributed by atoms with van der Waals surface area (Å²) >= 11 is 0. The highest BCUT2D eigenvalue weighted by Gasteiger charge is 2.16. The second-order valence-electron chi connectivity index (χ2n) is 3.99. The first-order valence-electron chi connectivity index (χ1n) is 5.52. The summed E-state index contributed by atoms with van der Waals surface area (Å²) in [5.41, 5.74) is 1.98. The molecular weight excluding hydrogens is 215 g/mol. The molecular formula is C15H11FO. The first-order valence-corrected chi connectivity index (χ1v) is 5.52. The summed E-state index contributed by atoms with van der Waals surface area (Å²) < 4.78 is 18.9. The third-order valence-corrected chi connectivity index (χ3v) is 2.81. The second-order valence-corrected chi connectivity index (χ2v) is 3.99. The predicted molar refractivity (Wildman–Crippen MR) is 65.2 cm³/mol. The molecule has 1 nitrogen and oxygen atoms in total. The fourth-order valence-corrected chi connectivity index (χ4v) is 1.94. The Bertz CT molecular complexity index is 560. The number of benzene rings is 2. The Hall–Kier alpha value is -2.09. The van der Waals surface area contributed by atoms with Gasteiger partial charge < -0.3 is 4.74 Å². The maximum absolute atomic E-state index is 13.1. The molecule has 0 saturated carbocycles. The first-order chi connectivity index (χ1) is 8.33. The summed E-state index contributed by atoms with van der Waals surface area (Å²) in [5.74, 6) is 0.326. The maximum Gasteiger partial charge on any atom is 0.142 e. The average Bonchev–Trinajstić information content (AvgIpc) is 2.39. The van der Waals surface area contributed by atoms with Gasteiger partial charge in [0.25, 0.3) is 0 Å². The van der Waals surface area contributed by atoms with Crippen LogP contribution < -0.4 is 4.74 Å². The summed E-state index contributed by atoms with van der Waals surface area (Å²) in [7, 11) is 0. The highest BCUT2D eigenvalue weighted by Crippen LogP contribution is 2.32. The van der Waals surface area contributed by atoms with Crippen LogP contribution in [0.5, 0.6) is 5.75 Å². The summed E-state index contributed by atoms with van der Waals surface area (Å²) in [6, 6.07) is 14.5. The van der Waals surface area contributed by atoms with E-state index >= 15 is 0 Å². The van der Waals surface area contributed by atoms with Crippen LogP contribution in [0.2, 0.25) is 0 Å². The topological polar surface area (TPSA) is 9.23 Å². The molecule has 1 heterocycles. The Morgan fingerprint density at radius 1 is 1.00 bits per heavy atom. The molecule has 0 bridgehead atoms. The van der Waals surface area contributed by atoms with E-state index in [1.54, 1.807) is 6.07 Å². The minimum absolute atomic E-state index is 0.134. The van der Waals surface area contributed by atoms with Gasteiger partial charge in [-0.1, -0.05) is 36.4 Å².